The first-order chi connectivity index (χ1) is 16.5. The number of benzene rings is 1. The van der Waals surface area contributed by atoms with E-state index in [1.807, 2.05) is 24.3 Å². The number of carbonyl (C=O) groups is 3. The van der Waals surface area contributed by atoms with E-state index in [0.717, 1.165) is 20.4 Å². The summed E-state index contributed by atoms with van der Waals surface area (Å²) >= 11 is 1.45. The van der Waals surface area contributed by atoms with Crippen LogP contribution in [-0.4, -0.2) is 83.2 Å². The molecule has 0 aliphatic carbocycles. The van der Waals surface area contributed by atoms with Gasteiger partial charge in [0.25, 0.3) is 0 Å². The van der Waals surface area contributed by atoms with E-state index in [1.54, 1.807) is 33.9 Å². The number of nitrogens with zero attached hydrogens (tertiary/aromatic N) is 3. The van der Waals surface area contributed by atoms with Crippen LogP contribution in [0, 0.1) is 0 Å². The first-order valence-corrected chi connectivity index (χ1v) is 12.0. The molecule has 0 saturated heterocycles. The molecule has 0 saturated carbocycles. The van der Waals surface area contributed by atoms with Crippen LogP contribution in [0.4, 0.5) is 5.69 Å². The number of para-hydroxylation sites is 1. The van der Waals surface area contributed by atoms with Crippen molar-refractivity contribution in [1.29, 1.82) is 0 Å². The van der Waals surface area contributed by atoms with Gasteiger partial charge in [0.1, 0.15) is 30.6 Å². The molecule has 0 bridgehead atoms. The number of rotatable bonds is 8. The minimum absolute atomic E-state index is 0.134. The summed E-state index contributed by atoms with van der Waals surface area (Å²) in [5, 5.41) is 13.8. The highest BCUT2D eigenvalue weighted by Crippen LogP contribution is 2.41. The van der Waals surface area contributed by atoms with Crippen LogP contribution >= 0.6 is 11.8 Å². The summed E-state index contributed by atoms with van der Waals surface area (Å²) in [7, 11) is 0. The Morgan fingerprint density at radius 2 is 2.03 bits per heavy atom. The molecule has 4 N–H and O–H groups in total. The molecular weight excluding hydrogens is 474 g/mol. The number of thioether (sulfide) groups is 1. The number of aliphatic hydroxyl groups excluding tert-OH is 1. The molecule has 190 valence electrons. The van der Waals surface area contributed by atoms with Gasteiger partial charge in [-0.15, -0.1) is 0 Å². The van der Waals surface area contributed by atoms with Crippen molar-refractivity contribution in [3.63, 3.8) is 0 Å². The Kier molecular flexibility index (Phi) is 8.41. The number of aliphatic imine (C=N–C) groups is 1. The second-order valence-electron chi connectivity index (χ2n) is 8.91. The summed E-state index contributed by atoms with van der Waals surface area (Å²) in [4.78, 5) is 46.2. The van der Waals surface area contributed by atoms with Gasteiger partial charge in [-0.25, -0.2) is 4.99 Å². The monoisotopic (exact) mass is 505 g/mol. The predicted octanol–water partition coefficient (Wildman–Crippen LogP) is 1.10. The van der Waals surface area contributed by atoms with Crippen molar-refractivity contribution >= 4 is 41.5 Å². The third-order valence-electron chi connectivity index (χ3n) is 4.89. The second kappa shape index (κ2) is 11.1. The molecule has 0 fully saturated rings. The number of esters is 2. The molecular formula is C23H31N5O6S. The number of aliphatic hydroxyl groups is 1. The third-order valence-corrected chi connectivity index (χ3v) is 5.99. The van der Waals surface area contributed by atoms with Crippen molar-refractivity contribution in [3.8, 4) is 0 Å². The summed E-state index contributed by atoms with van der Waals surface area (Å²) in [6, 6.07) is 6.44. The number of hydrogen-bond acceptors (Lipinski definition) is 11. The van der Waals surface area contributed by atoms with Gasteiger partial charge in [0.05, 0.1) is 17.2 Å². The molecule has 2 atom stereocenters. The summed E-state index contributed by atoms with van der Waals surface area (Å²) < 4.78 is 10.3. The van der Waals surface area contributed by atoms with E-state index in [1.165, 1.54) is 16.7 Å². The molecule has 1 aromatic carbocycles. The van der Waals surface area contributed by atoms with Crippen LogP contribution < -0.4 is 11.1 Å². The van der Waals surface area contributed by atoms with Gasteiger partial charge >= 0.3 is 11.9 Å². The number of nitrogens with one attached hydrogen (secondary N) is 1. The Morgan fingerprint density at radius 1 is 1.31 bits per heavy atom. The van der Waals surface area contributed by atoms with Gasteiger partial charge in [-0.05, 0) is 39.8 Å². The number of allylic oxidation sites excluding steroid dienone is 1. The second-order valence-corrected chi connectivity index (χ2v) is 9.99. The van der Waals surface area contributed by atoms with Crippen molar-refractivity contribution < 1.29 is 29.0 Å². The number of anilines is 1. The van der Waals surface area contributed by atoms with Crippen molar-refractivity contribution in [1.82, 2.24) is 9.80 Å². The van der Waals surface area contributed by atoms with Crippen molar-refractivity contribution in [2.24, 2.45) is 10.7 Å². The number of amides is 1. The summed E-state index contributed by atoms with van der Waals surface area (Å²) in [6.45, 7) is 5.89. The van der Waals surface area contributed by atoms with Gasteiger partial charge in [-0.3, -0.25) is 14.4 Å². The van der Waals surface area contributed by atoms with E-state index in [4.69, 9.17) is 15.2 Å². The SMILES string of the molecule is CCOC(=O)CN(CC(N)C(=O)OC(C)(C)C)C(=O)CN1C2=C(C=NC1O)Sc1ccccc1N2. The van der Waals surface area contributed by atoms with Gasteiger partial charge in [-0.1, -0.05) is 23.9 Å². The van der Waals surface area contributed by atoms with Crippen LogP contribution in [0.3, 0.4) is 0 Å². The topological polar surface area (TPSA) is 147 Å². The van der Waals surface area contributed by atoms with Crippen LogP contribution in [0.1, 0.15) is 27.7 Å². The van der Waals surface area contributed by atoms with E-state index in [0.29, 0.717) is 5.82 Å². The minimum atomic E-state index is -1.32. The fraction of sp³-hybridized carbons (Fsp3) is 0.478. The highest BCUT2D eigenvalue weighted by molar-refractivity contribution is 8.04. The summed E-state index contributed by atoms with van der Waals surface area (Å²) in [5.74, 6) is -1.38. The number of hydrogen-bond donors (Lipinski definition) is 3. The number of carbonyl (C=O) groups excluding carboxylic acids is 3. The number of nitrogens with two attached hydrogens (primary N) is 1. The summed E-state index contributed by atoms with van der Waals surface area (Å²) in [6.07, 6.45) is 0.226. The van der Waals surface area contributed by atoms with Crippen LogP contribution in [0.2, 0.25) is 0 Å². The zero-order chi connectivity index (χ0) is 25.8. The maximum absolute atomic E-state index is 13.3. The fourth-order valence-electron chi connectivity index (χ4n) is 3.36. The molecule has 0 radical (unpaired) electrons. The van der Waals surface area contributed by atoms with Gasteiger partial charge < -0.3 is 35.4 Å². The fourth-order valence-corrected chi connectivity index (χ4v) is 4.35. The zero-order valence-corrected chi connectivity index (χ0v) is 21.0. The van der Waals surface area contributed by atoms with E-state index in [9.17, 15) is 19.5 Å². The van der Waals surface area contributed by atoms with Gasteiger partial charge in [0.15, 0.2) is 0 Å². The highest BCUT2D eigenvalue weighted by Gasteiger charge is 2.33. The van der Waals surface area contributed by atoms with Gasteiger partial charge in [0, 0.05) is 17.7 Å². The highest BCUT2D eigenvalue weighted by atomic mass is 32.2. The average Bonchev–Trinajstić information content (AvgIpc) is 2.78. The molecule has 12 heteroatoms. The smallest absolute Gasteiger partial charge is 0.325 e. The third kappa shape index (κ3) is 6.96. The Bertz CT molecular complexity index is 1040. The van der Waals surface area contributed by atoms with E-state index >= 15 is 0 Å². The van der Waals surface area contributed by atoms with Crippen LogP contribution in [0.5, 0.6) is 0 Å². The molecule has 0 aromatic heterocycles. The van der Waals surface area contributed by atoms with E-state index in [-0.39, 0.29) is 19.7 Å². The molecule has 2 unspecified atom stereocenters. The normalized spacial score (nSPS) is 17.7. The Morgan fingerprint density at radius 3 is 2.71 bits per heavy atom. The predicted molar refractivity (Wildman–Crippen MR) is 131 cm³/mol. The van der Waals surface area contributed by atoms with Gasteiger partial charge in [0.2, 0.25) is 12.3 Å². The Hall–Kier alpha value is -3.09. The Balaban J connectivity index is 1.77. The average molecular weight is 506 g/mol. The molecule has 2 heterocycles. The molecule has 1 aromatic rings. The van der Waals surface area contributed by atoms with Crippen molar-refractivity contribution in [3.05, 3.63) is 35.0 Å². The number of fused-ring (bicyclic) bond motifs is 1. The van der Waals surface area contributed by atoms with Crippen molar-refractivity contribution in [2.75, 3.05) is 31.6 Å². The summed E-state index contributed by atoms with van der Waals surface area (Å²) in [5.41, 5.74) is 6.07. The standard InChI is InChI=1S/C23H31N5O6S/c1-5-33-19(30)13-27(11-14(24)21(31)34-23(2,3)4)18(29)12-28-20-17(10-25-22(28)32)35-16-9-7-6-8-15(16)26-20/h6-10,14,22,26,32H,5,11-13,24H2,1-4H3. The number of ether oxygens (including phenoxy) is 2. The Labute approximate surface area is 208 Å². The maximum Gasteiger partial charge on any atom is 0.325 e. The lowest BCUT2D eigenvalue weighted by molar-refractivity contribution is -0.158. The largest absolute Gasteiger partial charge is 0.465 e. The lowest BCUT2D eigenvalue weighted by Crippen LogP contribution is -2.52. The van der Waals surface area contributed by atoms with Gasteiger partial charge in [-0.2, -0.15) is 0 Å². The lowest BCUT2D eigenvalue weighted by atomic mass is 10.2. The van der Waals surface area contributed by atoms with Crippen molar-refractivity contribution in [2.45, 2.75) is 50.6 Å². The van der Waals surface area contributed by atoms with Crippen LogP contribution in [-0.2, 0) is 23.9 Å². The minimum Gasteiger partial charge on any atom is -0.465 e. The van der Waals surface area contributed by atoms with Crippen LogP contribution in [0.15, 0.2) is 44.9 Å². The van der Waals surface area contributed by atoms with E-state index < -0.39 is 42.4 Å². The molecule has 11 nitrogen and oxygen atoms in total. The molecule has 3 rings (SSSR count). The molecule has 1 amide bonds. The zero-order valence-electron chi connectivity index (χ0n) is 20.2. The van der Waals surface area contributed by atoms with E-state index in [2.05, 4.69) is 10.3 Å². The quantitative estimate of drug-likeness (QED) is 0.439. The van der Waals surface area contributed by atoms with Crippen LogP contribution in [0.25, 0.3) is 0 Å². The first-order valence-electron chi connectivity index (χ1n) is 11.2. The molecule has 2 aliphatic rings. The lowest BCUT2D eigenvalue weighted by Gasteiger charge is -2.37. The first kappa shape index (κ1) is 26.5. The molecule has 0 spiro atoms. The molecule has 2 aliphatic heterocycles. The maximum atomic E-state index is 13.3. The molecule has 35 heavy (non-hydrogen) atoms.